The molecule has 0 aliphatic carbocycles. The maximum atomic E-state index is 12.7. The number of carbonyl (C=O) groups excluding carboxylic acids is 3. The van der Waals surface area contributed by atoms with Crippen molar-refractivity contribution in [3.05, 3.63) is 83.5 Å². The fraction of sp³-hybridized carbons (Fsp3) is 0.0870. The molecule has 2 heterocycles. The quantitative estimate of drug-likeness (QED) is 0.591. The highest BCUT2D eigenvalue weighted by Crippen LogP contribution is 2.32. The van der Waals surface area contributed by atoms with Gasteiger partial charge in [0.15, 0.2) is 0 Å². The van der Waals surface area contributed by atoms with Crippen LogP contribution >= 0.6 is 11.8 Å². The molecule has 1 aliphatic rings. The number of nitrogens with one attached hydrogen (secondary N) is 1. The normalized spacial score (nSPS) is 14.9. The highest BCUT2D eigenvalue weighted by Gasteiger charge is 2.36. The number of carbonyl (C=O) groups is 3. The van der Waals surface area contributed by atoms with Crippen LogP contribution in [0.1, 0.15) is 5.56 Å². The molecule has 0 radical (unpaired) electrons. The van der Waals surface area contributed by atoms with Crippen molar-refractivity contribution in [1.82, 2.24) is 9.47 Å². The predicted molar refractivity (Wildman–Crippen MR) is 120 cm³/mol. The predicted octanol–water partition coefficient (Wildman–Crippen LogP) is 4.16. The minimum absolute atomic E-state index is 0.285. The van der Waals surface area contributed by atoms with E-state index in [2.05, 4.69) is 5.32 Å². The van der Waals surface area contributed by atoms with Gasteiger partial charge in [-0.3, -0.25) is 19.3 Å². The summed E-state index contributed by atoms with van der Waals surface area (Å²) in [7, 11) is 1.55. The van der Waals surface area contributed by atoms with Crippen LogP contribution in [0.25, 0.3) is 11.8 Å². The average molecular weight is 433 g/mol. The molecular formula is C23H19N3O4S. The molecule has 0 atom stereocenters. The Balaban J connectivity index is 1.42. The standard InChI is InChI=1S/C23H19N3O4S/c1-30-19-9-7-17(8-10-19)24-21(27)15-26-22(28)20(31-23(26)29)13-16-11-12-25(14-16)18-5-3-2-4-6-18/h2-14H,15H2,1H3,(H,24,27)/b20-13+. The topological polar surface area (TPSA) is 80.6 Å². The SMILES string of the molecule is COc1ccc(NC(=O)CN2C(=O)S/C(=C/c3ccn(-c4ccccc4)c3)C2=O)cc1. The van der Waals surface area contributed by atoms with Gasteiger partial charge in [0, 0.05) is 23.8 Å². The Morgan fingerprint density at radius 3 is 2.52 bits per heavy atom. The summed E-state index contributed by atoms with van der Waals surface area (Å²) >= 11 is 0.828. The maximum absolute atomic E-state index is 12.7. The number of para-hydroxylation sites is 1. The van der Waals surface area contributed by atoms with Gasteiger partial charge in [-0.1, -0.05) is 18.2 Å². The van der Waals surface area contributed by atoms with Gasteiger partial charge in [-0.25, -0.2) is 0 Å². The molecule has 1 saturated heterocycles. The van der Waals surface area contributed by atoms with Crippen LogP contribution in [-0.4, -0.2) is 40.2 Å². The minimum atomic E-state index is -0.479. The molecule has 1 aliphatic heterocycles. The summed E-state index contributed by atoms with van der Waals surface area (Å²) in [4.78, 5) is 38.5. The van der Waals surface area contributed by atoms with E-state index in [-0.39, 0.29) is 11.4 Å². The van der Waals surface area contributed by atoms with E-state index in [9.17, 15) is 14.4 Å². The number of anilines is 1. The molecule has 31 heavy (non-hydrogen) atoms. The Morgan fingerprint density at radius 2 is 1.81 bits per heavy atom. The lowest BCUT2D eigenvalue weighted by molar-refractivity contribution is -0.127. The molecule has 1 N–H and O–H groups in total. The molecule has 156 valence electrons. The van der Waals surface area contributed by atoms with Crippen molar-refractivity contribution in [1.29, 1.82) is 0 Å². The number of hydrogen-bond donors (Lipinski definition) is 1. The van der Waals surface area contributed by atoms with E-state index in [1.165, 1.54) is 0 Å². The van der Waals surface area contributed by atoms with Gasteiger partial charge in [-0.2, -0.15) is 0 Å². The van der Waals surface area contributed by atoms with Gasteiger partial charge in [0.2, 0.25) is 5.91 Å². The fourth-order valence-corrected chi connectivity index (χ4v) is 3.90. The van der Waals surface area contributed by atoms with Crippen molar-refractivity contribution < 1.29 is 19.1 Å². The molecule has 4 rings (SSSR count). The van der Waals surface area contributed by atoms with Crippen LogP contribution in [0.15, 0.2) is 78.0 Å². The van der Waals surface area contributed by atoms with Gasteiger partial charge in [-0.05, 0) is 65.9 Å². The lowest BCUT2D eigenvalue weighted by Gasteiger charge is -2.12. The minimum Gasteiger partial charge on any atom is -0.497 e. The van der Waals surface area contributed by atoms with Crippen LogP contribution in [-0.2, 0) is 9.59 Å². The first-order valence-electron chi connectivity index (χ1n) is 9.46. The molecule has 0 unspecified atom stereocenters. The number of hydrogen-bond acceptors (Lipinski definition) is 5. The van der Waals surface area contributed by atoms with Crippen molar-refractivity contribution in [2.24, 2.45) is 0 Å². The number of benzene rings is 2. The van der Waals surface area contributed by atoms with Gasteiger partial charge in [-0.15, -0.1) is 0 Å². The van der Waals surface area contributed by atoms with Crippen LogP contribution in [0.2, 0.25) is 0 Å². The number of rotatable bonds is 6. The average Bonchev–Trinajstić information content (AvgIpc) is 3.35. The molecular weight excluding hydrogens is 414 g/mol. The van der Waals surface area contributed by atoms with Crippen LogP contribution in [0, 0.1) is 0 Å². The number of thioether (sulfide) groups is 1. The number of imide groups is 1. The zero-order valence-electron chi connectivity index (χ0n) is 16.6. The smallest absolute Gasteiger partial charge is 0.294 e. The van der Waals surface area contributed by atoms with E-state index < -0.39 is 17.1 Å². The molecule has 0 bridgehead atoms. The van der Waals surface area contributed by atoms with Crippen LogP contribution < -0.4 is 10.1 Å². The van der Waals surface area contributed by atoms with E-state index in [4.69, 9.17) is 4.74 Å². The van der Waals surface area contributed by atoms with Gasteiger partial charge in [0.1, 0.15) is 12.3 Å². The summed E-state index contributed by atoms with van der Waals surface area (Å²) in [5.41, 5.74) is 2.33. The second-order valence-electron chi connectivity index (χ2n) is 6.73. The van der Waals surface area contributed by atoms with Crippen molar-refractivity contribution in [2.45, 2.75) is 0 Å². The fourth-order valence-electron chi connectivity index (χ4n) is 3.07. The molecule has 0 saturated carbocycles. The molecule has 3 aromatic rings. The molecule has 7 nitrogen and oxygen atoms in total. The number of amides is 3. The molecule has 1 fully saturated rings. The zero-order chi connectivity index (χ0) is 21.8. The summed E-state index contributed by atoms with van der Waals surface area (Å²) in [5, 5.41) is 2.21. The van der Waals surface area contributed by atoms with Gasteiger partial charge < -0.3 is 14.6 Å². The molecule has 3 amide bonds. The maximum Gasteiger partial charge on any atom is 0.294 e. The summed E-state index contributed by atoms with van der Waals surface area (Å²) in [5.74, 6) is -0.272. The molecule has 8 heteroatoms. The number of ether oxygens (including phenoxy) is 1. The number of aromatic nitrogens is 1. The Bertz CT molecular complexity index is 1150. The lowest BCUT2D eigenvalue weighted by atomic mass is 10.3. The van der Waals surface area contributed by atoms with E-state index >= 15 is 0 Å². The Kier molecular flexibility index (Phi) is 5.90. The Morgan fingerprint density at radius 1 is 1.06 bits per heavy atom. The molecule has 2 aromatic carbocycles. The Labute approximate surface area is 183 Å². The summed E-state index contributed by atoms with van der Waals surface area (Å²) in [6.07, 6.45) is 5.42. The summed E-state index contributed by atoms with van der Waals surface area (Å²) in [6, 6.07) is 18.4. The van der Waals surface area contributed by atoms with Crippen LogP contribution in [0.4, 0.5) is 10.5 Å². The van der Waals surface area contributed by atoms with E-state index in [0.717, 1.165) is 27.9 Å². The summed E-state index contributed by atoms with van der Waals surface area (Å²) < 4.78 is 7.01. The Hall–Kier alpha value is -3.78. The second kappa shape index (κ2) is 8.93. The third kappa shape index (κ3) is 4.70. The lowest BCUT2D eigenvalue weighted by Crippen LogP contribution is -2.36. The van der Waals surface area contributed by atoms with E-state index in [0.29, 0.717) is 11.4 Å². The van der Waals surface area contributed by atoms with Gasteiger partial charge in [0.25, 0.3) is 11.1 Å². The number of nitrogens with zero attached hydrogens (tertiary/aromatic N) is 2. The monoisotopic (exact) mass is 433 g/mol. The van der Waals surface area contributed by atoms with Crippen molar-refractivity contribution in [3.8, 4) is 11.4 Å². The van der Waals surface area contributed by atoms with Crippen molar-refractivity contribution in [3.63, 3.8) is 0 Å². The first-order chi connectivity index (χ1) is 15.0. The first-order valence-corrected chi connectivity index (χ1v) is 10.3. The van der Waals surface area contributed by atoms with Crippen molar-refractivity contribution >= 4 is 40.6 Å². The third-order valence-corrected chi connectivity index (χ3v) is 5.52. The highest BCUT2D eigenvalue weighted by molar-refractivity contribution is 8.18. The van der Waals surface area contributed by atoms with Crippen molar-refractivity contribution in [2.75, 3.05) is 19.0 Å². The molecule has 0 spiro atoms. The van der Waals surface area contributed by atoms with Gasteiger partial charge >= 0.3 is 0 Å². The van der Waals surface area contributed by atoms with E-state index in [1.54, 1.807) is 37.5 Å². The zero-order valence-corrected chi connectivity index (χ0v) is 17.5. The van der Waals surface area contributed by atoms with E-state index in [1.807, 2.05) is 53.4 Å². The molecule has 1 aromatic heterocycles. The second-order valence-corrected chi connectivity index (χ2v) is 7.73. The van der Waals surface area contributed by atoms with Crippen LogP contribution in [0.3, 0.4) is 0 Å². The third-order valence-electron chi connectivity index (χ3n) is 4.62. The van der Waals surface area contributed by atoms with Gasteiger partial charge in [0.05, 0.1) is 12.0 Å². The van der Waals surface area contributed by atoms with Crippen LogP contribution in [0.5, 0.6) is 5.75 Å². The number of methoxy groups -OCH3 is 1. The first kappa shape index (κ1) is 20.5. The summed E-state index contributed by atoms with van der Waals surface area (Å²) in [6.45, 7) is -0.348. The largest absolute Gasteiger partial charge is 0.497 e. The highest BCUT2D eigenvalue weighted by atomic mass is 32.2.